The van der Waals surface area contributed by atoms with Crippen LogP contribution in [0.3, 0.4) is 0 Å². The highest BCUT2D eigenvalue weighted by atomic mass is 32.1. The minimum atomic E-state index is -0.148. The van der Waals surface area contributed by atoms with E-state index in [2.05, 4.69) is 25.6 Å². The Hall–Kier alpha value is -3.07. The lowest BCUT2D eigenvalue weighted by atomic mass is 10.1. The fourth-order valence-electron chi connectivity index (χ4n) is 3.15. The average molecular weight is 396 g/mol. The summed E-state index contributed by atoms with van der Waals surface area (Å²) < 4.78 is 0.768. The van der Waals surface area contributed by atoms with Crippen LogP contribution in [0.2, 0.25) is 0 Å². The summed E-state index contributed by atoms with van der Waals surface area (Å²) >= 11 is 1.45. The van der Waals surface area contributed by atoms with Gasteiger partial charge < -0.3 is 15.5 Å². The van der Waals surface area contributed by atoms with Crippen molar-refractivity contribution >= 4 is 39.3 Å². The van der Waals surface area contributed by atoms with E-state index in [-0.39, 0.29) is 23.9 Å². The van der Waals surface area contributed by atoms with Gasteiger partial charge in [0.1, 0.15) is 0 Å². The molecule has 1 aliphatic rings. The van der Waals surface area contributed by atoms with Gasteiger partial charge in [0.05, 0.1) is 28.0 Å². The lowest BCUT2D eigenvalue weighted by Gasteiger charge is -2.39. The number of amides is 2. The molecule has 0 aromatic carbocycles. The Bertz CT molecular complexity index is 1020. The molecule has 9 heteroatoms. The number of likely N-dealkylation sites (tertiary alicyclic amines) is 1. The Morgan fingerprint density at radius 1 is 1.25 bits per heavy atom. The molecule has 1 aliphatic heterocycles. The maximum absolute atomic E-state index is 13.0. The lowest BCUT2D eigenvalue weighted by Crippen LogP contribution is -2.60. The molecule has 0 saturated carbocycles. The predicted molar refractivity (Wildman–Crippen MR) is 107 cm³/mol. The zero-order chi connectivity index (χ0) is 19.7. The normalized spacial score (nSPS) is 15.1. The summed E-state index contributed by atoms with van der Waals surface area (Å²) in [6.45, 7) is 4.42. The monoisotopic (exact) mass is 396 g/mol. The Morgan fingerprint density at radius 2 is 2.07 bits per heavy atom. The molecular weight excluding hydrogens is 376 g/mol. The fraction of sp³-hybridized carbons (Fsp3) is 0.316. The third-order valence-corrected chi connectivity index (χ3v) is 5.47. The zero-order valence-corrected chi connectivity index (χ0v) is 16.4. The van der Waals surface area contributed by atoms with Gasteiger partial charge in [0.25, 0.3) is 5.91 Å². The third-order valence-electron chi connectivity index (χ3n) is 4.56. The molecule has 0 radical (unpaired) electrons. The Morgan fingerprint density at radius 3 is 2.79 bits per heavy atom. The first-order chi connectivity index (χ1) is 13.5. The predicted octanol–water partition coefficient (Wildman–Crippen LogP) is 2.22. The first-order valence-corrected chi connectivity index (χ1v) is 9.88. The molecule has 1 atom stereocenters. The van der Waals surface area contributed by atoms with Gasteiger partial charge in [-0.15, -0.1) is 11.3 Å². The molecule has 1 fully saturated rings. The summed E-state index contributed by atoms with van der Waals surface area (Å²) in [6, 6.07) is 7.49. The molecule has 8 nitrogen and oxygen atoms in total. The van der Waals surface area contributed by atoms with Crippen molar-refractivity contribution in [2.45, 2.75) is 25.9 Å². The number of carbonyl (C=O) groups is 2. The molecule has 28 heavy (non-hydrogen) atoms. The number of fused-ring (bicyclic) bond motifs is 1. The summed E-state index contributed by atoms with van der Waals surface area (Å²) in [5.41, 5.74) is 1.99. The van der Waals surface area contributed by atoms with Crippen LogP contribution in [0.15, 0.2) is 35.8 Å². The number of carbonyl (C=O) groups excluding carboxylic acids is 2. The van der Waals surface area contributed by atoms with Crippen LogP contribution in [0.1, 0.15) is 36.1 Å². The van der Waals surface area contributed by atoms with Crippen molar-refractivity contribution < 1.29 is 9.59 Å². The van der Waals surface area contributed by atoms with Crippen molar-refractivity contribution in [1.82, 2.24) is 25.2 Å². The maximum Gasteiger partial charge on any atom is 0.274 e. The lowest BCUT2D eigenvalue weighted by molar-refractivity contribution is -0.120. The summed E-state index contributed by atoms with van der Waals surface area (Å²) in [5.74, 6) is 0.158. The number of anilines is 1. The number of pyridine rings is 1. The number of nitrogens with zero attached hydrogens (tertiary/aromatic N) is 4. The minimum absolute atomic E-state index is 0.00360. The first-order valence-electron chi connectivity index (χ1n) is 9.00. The molecule has 3 aromatic rings. The smallest absolute Gasteiger partial charge is 0.274 e. The number of hydrogen-bond donors (Lipinski definition) is 2. The van der Waals surface area contributed by atoms with E-state index < -0.39 is 0 Å². The standard InChI is InChI=1S/C19H20N6O2S/c1-11(14-5-3-4-7-20-14)21-19-23-15-6-8-28-17(15)16(24-19)18(27)25-9-13(10-25)22-12(2)26/h3-8,11,13H,9-10H2,1-2H3,(H,22,26)(H,21,23,24)/t11-/m0/s1. The van der Waals surface area contributed by atoms with Gasteiger partial charge in [-0.1, -0.05) is 6.07 Å². The van der Waals surface area contributed by atoms with Crippen molar-refractivity contribution in [2.24, 2.45) is 0 Å². The Kier molecular flexibility index (Phi) is 4.91. The van der Waals surface area contributed by atoms with E-state index in [1.807, 2.05) is 36.6 Å². The van der Waals surface area contributed by atoms with Gasteiger partial charge in [0.15, 0.2) is 5.69 Å². The Balaban J connectivity index is 1.56. The highest BCUT2D eigenvalue weighted by Crippen LogP contribution is 2.27. The van der Waals surface area contributed by atoms with Crippen LogP contribution in [-0.2, 0) is 4.79 Å². The number of nitrogens with one attached hydrogen (secondary N) is 2. The second-order valence-electron chi connectivity index (χ2n) is 6.76. The number of hydrogen-bond acceptors (Lipinski definition) is 7. The molecule has 3 aromatic heterocycles. The minimum Gasteiger partial charge on any atom is -0.350 e. The second-order valence-corrected chi connectivity index (χ2v) is 7.68. The SMILES string of the molecule is CC(=O)NC1CN(C(=O)c2nc(N[C@@H](C)c3ccccn3)nc3ccsc23)C1. The van der Waals surface area contributed by atoms with Crippen LogP contribution >= 0.6 is 11.3 Å². The number of rotatable bonds is 5. The molecule has 0 unspecified atom stereocenters. The van der Waals surface area contributed by atoms with E-state index in [4.69, 9.17) is 0 Å². The summed E-state index contributed by atoms with van der Waals surface area (Å²) in [4.78, 5) is 39.2. The molecule has 4 rings (SSSR count). The van der Waals surface area contributed by atoms with Crippen LogP contribution < -0.4 is 10.6 Å². The quantitative estimate of drug-likeness (QED) is 0.686. The van der Waals surface area contributed by atoms with E-state index in [1.54, 1.807) is 11.1 Å². The van der Waals surface area contributed by atoms with Crippen LogP contribution in [0.4, 0.5) is 5.95 Å². The molecule has 1 saturated heterocycles. The van der Waals surface area contributed by atoms with Gasteiger partial charge >= 0.3 is 0 Å². The van der Waals surface area contributed by atoms with Crippen molar-refractivity contribution in [3.8, 4) is 0 Å². The van der Waals surface area contributed by atoms with E-state index in [1.165, 1.54) is 18.3 Å². The largest absolute Gasteiger partial charge is 0.350 e. The van der Waals surface area contributed by atoms with Gasteiger partial charge in [0.2, 0.25) is 11.9 Å². The van der Waals surface area contributed by atoms with Crippen molar-refractivity contribution in [3.63, 3.8) is 0 Å². The van der Waals surface area contributed by atoms with Crippen LogP contribution in [-0.4, -0.2) is 50.8 Å². The van der Waals surface area contributed by atoms with E-state index in [0.717, 1.165) is 15.9 Å². The van der Waals surface area contributed by atoms with Gasteiger partial charge in [-0.3, -0.25) is 14.6 Å². The van der Waals surface area contributed by atoms with Gasteiger partial charge in [-0.05, 0) is 30.5 Å². The molecule has 144 valence electrons. The highest BCUT2D eigenvalue weighted by molar-refractivity contribution is 7.17. The molecule has 0 spiro atoms. The molecule has 0 aliphatic carbocycles. The first kappa shape index (κ1) is 18.3. The molecule has 2 amide bonds. The van der Waals surface area contributed by atoms with Crippen LogP contribution in [0, 0.1) is 0 Å². The third kappa shape index (κ3) is 3.65. The van der Waals surface area contributed by atoms with Gasteiger partial charge in [-0.25, -0.2) is 9.97 Å². The second kappa shape index (κ2) is 7.51. The summed E-state index contributed by atoms with van der Waals surface area (Å²) in [5, 5.41) is 7.96. The fourth-order valence-corrected chi connectivity index (χ4v) is 3.96. The summed E-state index contributed by atoms with van der Waals surface area (Å²) in [6.07, 6.45) is 1.74. The topological polar surface area (TPSA) is 100 Å². The molecular formula is C19H20N6O2S. The van der Waals surface area contributed by atoms with E-state index in [0.29, 0.717) is 24.7 Å². The van der Waals surface area contributed by atoms with Crippen molar-refractivity contribution in [1.29, 1.82) is 0 Å². The maximum atomic E-state index is 13.0. The van der Waals surface area contributed by atoms with Gasteiger partial charge in [-0.2, -0.15) is 0 Å². The van der Waals surface area contributed by atoms with E-state index in [9.17, 15) is 9.59 Å². The summed E-state index contributed by atoms with van der Waals surface area (Å²) in [7, 11) is 0. The molecule has 4 heterocycles. The number of aromatic nitrogens is 3. The average Bonchev–Trinajstić information content (AvgIpc) is 3.12. The molecule has 0 bridgehead atoms. The van der Waals surface area contributed by atoms with Crippen LogP contribution in [0.25, 0.3) is 10.2 Å². The van der Waals surface area contributed by atoms with Gasteiger partial charge in [0, 0.05) is 26.2 Å². The zero-order valence-electron chi connectivity index (χ0n) is 15.5. The van der Waals surface area contributed by atoms with Crippen molar-refractivity contribution in [2.75, 3.05) is 18.4 Å². The highest BCUT2D eigenvalue weighted by Gasteiger charge is 2.33. The van der Waals surface area contributed by atoms with Crippen LogP contribution in [0.5, 0.6) is 0 Å². The van der Waals surface area contributed by atoms with Crippen molar-refractivity contribution in [3.05, 3.63) is 47.2 Å². The van der Waals surface area contributed by atoms with E-state index >= 15 is 0 Å². The number of thiophene rings is 1. The Labute approximate surface area is 166 Å². The molecule has 2 N–H and O–H groups in total.